The van der Waals surface area contributed by atoms with Crippen molar-refractivity contribution in [2.24, 2.45) is 5.92 Å². The Bertz CT molecular complexity index is 307. The van der Waals surface area contributed by atoms with Crippen molar-refractivity contribution in [3.63, 3.8) is 0 Å². The van der Waals surface area contributed by atoms with Crippen molar-refractivity contribution in [1.29, 1.82) is 0 Å². The van der Waals surface area contributed by atoms with Crippen LogP contribution in [0.3, 0.4) is 0 Å². The number of amides is 1. The van der Waals surface area contributed by atoms with Crippen molar-refractivity contribution in [3.8, 4) is 0 Å². The van der Waals surface area contributed by atoms with Crippen LogP contribution in [0.1, 0.15) is 18.4 Å². The average Bonchev–Trinajstić information content (AvgIpc) is 2.49. The van der Waals surface area contributed by atoms with Gasteiger partial charge in [-0.15, -0.1) is 0 Å². The summed E-state index contributed by atoms with van der Waals surface area (Å²) in [6, 6.07) is 10.2. The van der Waals surface area contributed by atoms with Gasteiger partial charge in [0.1, 0.15) is 0 Å². The summed E-state index contributed by atoms with van der Waals surface area (Å²) in [5, 5.41) is 2.88. The lowest BCUT2D eigenvalue weighted by Gasteiger charge is -2.11. The molecule has 2 nitrogen and oxygen atoms in total. The van der Waals surface area contributed by atoms with Crippen molar-refractivity contribution in [3.05, 3.63) is 35.9 Å². The predicted molar refractivity (Wildman–Crippen MR) is 51.4 cm³/mol. The van der Waals surface area contributed by atoms with Crippen LogP contribution < -0.4 is 5.32 Å². The highest BCUT2D eigenvalue weighted by Gasteiger charge is 2.31. The summed E-state index contributed by atoms with van der Waals surface area (Å²) in [7, 11) is 0. The molecule has 1 heterocycles. The van der Waals surface area contributed by atoms with Crippen LogP contribution in [-0.2, 0) is 4.79 Å². The number of benzene rings is 1. The van der Waals surface area contributed by atoms with E-state index in [-0.39, 0.29) is 11.8 Å². The van der Waals surface area contributed by atoms with Crippen LogP contribution >= 0.6 is 0 Å². The van der Waals surface area contributed by atoms with Crippen molar-refractivity contribution < 1.29 is 4.79 Å². The molecule has 1 aliphatic heterocycles. The molecule has 0 saturated carbocycles. The first-order valence-electron chi connectivity index (χ1n) is 4.61. The Balaban J connectivity index is 2.24. The first-order valence-corrected chi connectivity index (χ1v) is 4.61. The van der Waals surface area contributed by atoms with Crippen LogP contribution in [0.2, 0.25) is 0 Å². The fraction of sp³-hybridized carbons (Fsp3) is 0.364. The second-order valence-electron chi connectivity index (χ2n) is 3.55. The SMILES string of the molecule is CC1C(=O)NCC1c1ccccc1. The third-order valence-corrected chi connectivity index (χ3v) is 2.74. The summed E-state index contributed by atoms with van der Waals surface area (Å²) < 4.78 is 0. The zero-order valence-electron chi connectivity index (χ0n) is 7.66. The summed E-state index contributed by atoms with van der Waals surface area (Å²) in [4.78, 5) is 11.2. The molecule has 0 bridgehead atoms. The van der Waals surface area contributed by atoms with Crippen molar-refractivity contribution in [2.45, 2.75) is 12.8 Å². The predicted octanol–water partition coefficient (Wildman–Crippen LogP) is 1.54. The first-order chi connectivity index (χ1) is 6.29. The first kappa shape index (κ1) is 8.30. The lowest BCUT2D eigenvalue weighted by molar-refractivity contribution is -0.122. The maximum atomic E-state index is 11.2. The number of carbonyl (C=O) groups excluding carboxylic acids is 1. The van der Waals surface area contributed by atoms with Gasteiger partial charge in [0.25, 0.3) is 0 Å². The number of hydrogen-bond donors (Lipinski definition) is 1. The van der Waals surface area contributed by atoms with Gasteiger partial charge in [0, 0.05) is 18.4 Å². The van der Waals surface area contributed by atoms with E-state index in [4.69, 9.17) is 0 Å². The Morgan fingerprint density at radius 1 is 1.31 bits per heavy atom. The van der Waals surface area contributed by atoms with E-state index in [2.05, 4.69) is 17.4 Å². The number of nitrogens with one attached hydrogen (secondary N) is 1. The molecular weight excluding hydrogens is 162 g/mol. The van der Waals surface area contributed by atoms with E-state index in [1.807, 2.05) is 25.1 Å². The average molecular weight is 175 g/mol. The summed E-state index contributed by atoms with van der Waals surface area (Å²) in [6.07, 6.45) is 0. The fourth-order valence-electron chi connectivity index (χ4n) is 1.84. The van der Waals surface area contributed by atoms with Gasteiger partial charge in [0.2, 0.25) is 5.91 Å². The second-order valence-corrected chi connectivity index (χ2v) is 3.55. The Morgan fingerprint density at radius 3 is 2.54 bits per heavy atom. The summed E-state index contributed by atoms with van der Waals surface area (Å²) in [6.45, 7) is 2.77. The Hall–Kier alpha value is -1.31. The highest BCUT2D eigenvalue weighted by Crippen LogP contribution is 2.27. The topological polar surface area (TPSA) is 29.1 Å². The largest absolute Gasteiger partial charge is 0.355 e. The molecule has 1 N–H and O–H groups in total. The van der Waals surface area contributed by atoms with Crippen LogP contribution in [0.4, 0.5) is 0 Å². The highest BCUT2D eigenvalue weighted by atomic mass is 16.2. The van der Waals surface area contributed by atoms with E-state index < -0.39 is 0 Å². The number of carbonyl (C=O) groups is 1. The van der Waals surface area contributed by atoms with Gasteiger partial charge in [-0.25, -0.2) is 0 Å². The maximum absolute atomic E-state index is 11.2. The molecule has 0 radical (unpaired) electrons. The van der Waals surface area contributed by atoms with Crippen LogP contribution in [0, 0.1) is 5.92 Å². The van der Waals surface area contributed by atoms with E-state index in [1.54, 1.807) is 0 Å². The van der Waals surface area contributed by atoms with Crippen LogP contribution in [0.5, 0.6) is 0 Å². The van der Waals surface area contributed by atoms with Gasteiger partial charge in [-0.2, -0.15) is 0 Å². The molecule has 1 aliphatic rings. The van der Waals surface area contributed by atoms with E-state index >= 15 is 0 Å². The minimum atomic E-state index is 0.113. The van der Waals surface area contributed by atoms with Crippen LogP contribution in [-0.4, -0.2) is 12.5 Å². The monoisotopic (exact) mass is 175 g/mol. The van der Waals surface area contributed by atoms with Gasteiger partial charge in [-0.3, -0.25) is 4.79 Å². The van der Waals surface area contributed by atoms with Crippen LogP contribution in [0.15, 0.2) is 30.3 Å². The molecule has 2 atom stereocenters. The van der Waals surface area contributed by atoms with E-state index in [0.29, 0.717) is 5.92 Å². The highest BCUT2D eigenvalue weighted by molar-refractivity contribution is 5.81. The molecule has 0 aliphatic carbocycles. The molecule has 0 spiro atoms. The maximum Gasteiger partial charge on any atom is 0.223 e. The molecule has 1 saturated heterocycles. The van der Waals surface area contributed by atoms with Crippen molar-refractivity contribution >= 4 is 5.91 Å². The standard InChI is InChI=1S/C11H13NO/c1-8-10(7-12-11(8)13)9-5-3-2-4-6-9/h2-6,8,10H,7H2,1H3,(H,12,13). The lowest BCUT2D eigenvalue weighted by atomic mass is 9.90. The quantitative estimate of drug-likeness (QED) is 0.689. The smallest absolute Gasteiger partial charge is 0.223 e. The molecule has 2 rings (SSSR count). The molecular formula is C11H13NO. The van der Waals surface area contributed by atoms with E-state index in [0.717, 1.165) is 6.54 Å². The molecule has 2 heteroatoms. The van der Waals surface area contributed by atoms with Crippen molar-refractivity contribution in [1.82, 2.24) is 5.32 Å². The third kappa shape index (κ3) is 1.44. The van der Waals surface area contributed by atoms with Gasteiger partial charge < -0.3 is 5.32 Å². The van der Waals surface area contributed by atoms with Gasteiger partial charge in [-0.1, -0.05) is 37.3 Å². The Labute approximate surface area is 78.0 Å². The fourth-order valence-corrected chi connectivity index (χ4v) is 1.84. The summed E-state index contributed by atoms with van der Waals surface area (Å²) >= 11 is 0. The zero-order valence-corrected chi connectivity index (χ0v) is 7.66. The van der Waals surface area contributed by atoms with E-state index in [9.17, 15) is 4.79 Å². The molecule has 1 amide bonds. The molecule has 1 aromatic carbocycles. The molecule has 0 aromatic heterocycles. The van der Waals surface area contributed by atoms with Crippen LogP contribution in [0.25, 0.3) is 0 Å². The van der Waals surface area contributed by atoms with E-state index in [1.165, 1.54) is 5.56 Å². The van der Waals surface area contributed by atoms with Gasteiger partial charge in [-0.05, 0) is 5.56 Å². The lowest BCUT2D eigenvalue weighted by Crippen LogP contribution is -2.16. The Morgan fingerprint density at radius 2 is 2.00 bits per heavy atom. The van der Waals surface area contributed by atoms with Gasteiger partial charge >= 0.3 is 0 Å². The number of rotatable bonds is 1. The number of hydrogen-bond acceptors (Lipinski definition) is 1. The molecule has 68 valence electrons. The van der Waals surface area contributed by atoms with Gasteiger partial charge in [0.05, 0.1) is 0 Å². The molecule has 1 fully saturated rings. The van der Waals surface area contributed by atoms with Crippen molar-refractivity contribution in [2.75, 3.05) is 6.54 Å². The Kier molecular flexibility index (Phi) is 2.05. The minimum Gasteiger partial charge on any atom is -0.355 e. The molecule has 1 aromatic rings. The molecule has 13 heavy (non-hydrogen) atoms. The minimum absolute atomic E-state index is 0.113. The normalized spacial score (nSPS) is 27.3. The second kappa shape index (κ2) is 3.21. The van der Waals surface area contributed by atoms with Gasteiger partial charge in [0.15, 0.2) is 0 Å². The zero-order chi connectivity index (χ0) is 9.26. The molecule has 2 unspecified atom stereocenters. The third-order valence-electron chi connectivity index (χ3n) is 2.74. The summed E-state index contributed by atoms with van der Waals surface area (Å²) in [5.41, 5.74) is 1.26. The summed E-state index contributed by atoms with van der Waals surface area (Å²) in [5.74, 6) is 0.643.